The number of hydrogen-bond acceptors (Lipinski definition) is 4. The second-order valence-electron chi connectivity index (χ2n) is 4.38. The quantitative estimate of drug-likeness (QED) is 0.775. The average Bonchev–Trinajstić information content (AvgIpc) is 2.68. The molecule has 2 rings (SSSR count). The fourth-order valence-electron chi connectivity index (χ4n) is 1.94. The summed E-state index contributed by atoms with van der Waals surface area (Å²) in [5.74, 6) is 0.573. The van der Waals surface area contributed by atoms with Crippen LogP contribution < -0.4 is 10.6 Å². The number of rotatable bonds is 2. The molecule has 2 N–H and O–H groups in total. The largest absolute Gasteiger partial charge is 0.351 e. The molecule has 1 aromatic rings. The minimum atomic E-state index is -0.167. The summed E-state index contributed by atoms with van der Waals surface area (Å²) in [5, 5.41) is 9.98. The fourth-order valence-corrected chi connectivity index (χ4v) is 1.94. The van der Waals surface area contributed by atoms with Crippen molar-refractivity contribution in [2.45, 2.75) is 26.3 Å². The molecule has 1 aromatic heterocycles. The zero-order valence-corrected chi connectivity index (χ0v) is 9.62. The van der Waals surface area contributed by atoms with Gasteiger partial charge in [0.1, 0.15) is 0 Å². The Hall–Kier alpha value is -1.36. The molecular formula is C11H17N3O2. The average molecular weight is 223 g/mol. The molecule has 1 aliphatic rings. The van der Waals surface area contributed by atoms with Gasteiger partial charge in [0.25, 0.3) is 5.91 Å². The first-order chi connectivity index (χ1) is 7.66. The highest BCUT2D eigenvalue weighted by Crippen LogP contribution is 2.11. The molecule has 1 fully saturated rings. The molecule has 16 heavy (non-hydrogen) atoms. The molecule has 1 saturated heterocycles. The second-order valence-corrected chi connectivity index (χ2v) is 4.38. The van der Waals surface area contributed by atoms with E-state index in [-0.39, 0.29) is 11.9 Å². The van der Waals surface area contributed by atoms with Gasteiger partial charge in [-0.05, 0) is 32.4 Å². The Bertz CT molecular complexity index is 375. The van der Waals surface area contributed by atoms with Crippen LogP contribution in [0.25, 0.3) is 0 Å². The van der Waals surface area contributed by atoms with Gasteiger partial charge in [-0.25, -0.2) is 0 Å². The van der Waals surface area contributed by atoms with Gasteiger partial charge >= 0.3 is 0 Å². The standard InChI is InChI=1S/C11H17N3O2/c1-7-6-12-4-3-9(7)13-11(15)10-5-8(2)14-16-10/h5,7,9,12H,3-4,6H2,1-2H3,(H,13,15). The summed E-state index contributed by atoms with van der Waals surface area (Å²) in [4.78, 5) is 11.8. The van der Waals surface area contributed by atoms with Gasteiger partial charge in [0.15, 0.2) is 0 Å². The van der Waals surface area contributed by atoms with Crippen molar-refractivity contribution in [3.63, 3.8) is 0 Å². The SMILES string of the molecule is Cc1cc(C(=O)NC2CCNCC2C)on1. The molecule has 0 saturated carbocycles. The minimum Gasteiger partial charge on any atom is -0.351 e. The molecule has 88 valence electrons. The van der Waals surface area contributed by atoms with Crippen molar-refractivity contribution in [3.8, 4) is 0 Å². The van der Waals surface area contributed by atoms with E-state index < -0.39 is 0 Å². The topological polar surface area (TPSA) is 67.2 Å². The molecular weight excluding hydrogens is 206 g/mol. The monoisotopic (exact) mass is 223 g/mol. The van der Waals surface area contributed by atoms with Crippen LogP contribution in [-0.4, -0.2) is 30.2 Å². The smallest absolute Gasteiger partial charge is 0.290 e. The summed E-state index contributed by atoms with van der Waals surface area (Å²) >= 11 is 0. The molecule has 2 atom stereocenters. The van der Waals surface area contributed by atoms with E-state index >= 15 is 0 Å². The lowest BCUT2D eigenvalue weighted by Crippen LogP contribution is -2.48. The molecule has 0 aromatic carbocycles. The number of nitrogens with zero attached hydrogens (tertiary/aromatic N) is 1. The Kier molecular flexibility index (Phi) is 3.24. The molecule has 1 amide bonds. The molecule has 5 nitrogen and oxygen atoms in total. The summed E-state index contributed by atoms with van der Waals surface area (Å²) in [6.45, 7) is 5.82. The molecule has 2 unspecified atom stereocenters. The maximum absolute atomic E-state index is 11.8. The fraction of sp³-hybridized carbons (Fsp3) is 0.636. The second kappa shape index (κ2) is 4.65. The Morgan fingerprint density at radius 3 is 3.12 bits per heavy atom. The van der Waals surface area contributed by atoms with Crippen LogP contribution in [0.1, 0.15) is 29.6 Å². The third-order valence-electron chi connectivity index (χ3n) is 2.95. The normalized spacial score (nSPS) is 25.4. The van der Waals surface area contributed by atoms with Crippen LogP contribution in [0.4, 0.5) is 0 Å². The number of carbonyl (C=O) groups is 1. The number of aryl methyl sites for hydroxylation is 1. The number of hydrogen-bond donors (Lipinski definition) is 2. The number of aromatic nitrogens is 1. The highest BCUT2D eigenvalue weighted by molar-refractivity contribution is 5.91. The predicted octanol–water partition coefficient (Wildman–Crippen LogP) is 0.711. The van der Waals surface area contributed by atoms with Gasteiger partial charge in [-0.3, -0.25) is 4.79 Å². The van der Waals surface area contributed by atoms with Gasteiger partial charge in [0.05, 0.1) is 5.69 Å². The molecule has 0 bridgehead atoms. The van der Waals surface area contributed by atoms with Crippen LogP contribution in [0.3, 0.4) is 0 Å². The van der Waals surface area contributed by atoms with Crippen LogP contribution >= 0.6 is 0 Å². The van der Waals surface area contributed by atoms with Crippen molar-refractivity contribution in [2.24, 2.45) is 5.92 Å². The van der Waals surface area contributed by atoms with E-state index in [1.807, 2.05) is 0 Å². The Morgan fingerprint density at radius 1 is 1.69 bits per heavy atom. The van der Waals surface area contributed by atoms with Crippen molar-refractivity contribution in [3.05, 3.63) is 17.5 Å². The van der Waals surface area contributed by atoms with E-state index in [4.69, 9.17) is 4.52 Å². The van der Waals surface area contributed by atoms with Gasteiger partial charge in [-0.2, -0.15) is 0 Å². The Balaban J connectivity index is 1.96. The molecule has 1 aliphatic heterocycles. The molecule has 5 heteroatoms. The summed E-state index contributed by atoms with van der Waals surface area (Å²) in [7, 11) is 0. The lowest BCUT2D eigenvalue weighted by Gasteiger charge is -2.29. The summed E-state index contributed by atoms with van der Waals surface area (Å²) in [5.41, 5.74) is 0.725. The Labute approximate surface area is 94.6 Å². The number of amides is 1. The third-order valence-corrected chi connectivity index (χ3v) is 2.95. The predicted molar refractivity (Wildman–Crippen MR) is 59.1 cm³/mol. The van der Waals surface area contributed by atoms with Crippen molar-refractivity contribution < 1.29 is 9.32 Å². The van der Waals surface area contributed by atoms with Gasteiger partial charge in [-0.15, -0.1) is 0 Å². The van der Waals surface area contributed by atoms with Crippen LogP contribution in [0.5, 0.6) is 0 Å². The van der Waals surface area contributed by atoms with Crippen LogP contribution in [0.2, 0.25) is 0 Å². The van der Waals surface area contributed by atoms with Gasteiger partial charge in [-0.1, -0.05) is 12.1 Å². The zero-order chi connectivity index (χ0) is 11.5. The zero-order valence-electron chi connectivity index (χ0n) is 9.62. The Morgan fingerprint density at radius 2 is 2.50 bits per heavy atom. The van der Waals surface area contributed by atoms with Gasteiger partial charge in [0, 0.05) is 12.1 Å². The lowest BCUT2D eigenvalue weighted by atomic mass is 9.95. The van der Waals surface area contributed by atoms with Crippen molar-refractivity contribution >= 4 is 5.91 Å². The highest BCUT2D eigenvalue weighted by Gasteiger charge is 2.24. The third kappa shape index (κ3) is 2.41. The number of nitrogens with one attached hydrogen (secondary N) is 2. The maximum atomic E-state index is 11.8. The van der Waals surface area contributed by atoms with Gasteiger partial charge < -0.3 is 15.2 Å². The van der Waals surface area contributed by atoms with E-state index in [0.717, 1.165) is 25.2 Å². The van der Waals surface area contributed by atoms with E-state index in [0.29, 0.717) is 11.7 Å². The molecule has 2 heterocycles. The van der Waals surface area contributed by atoms with Crippen molar-refractivity contribution in [1.82, 2.24) is 15.8 Å². The lowest BCUT2D eigenvalue weighted by molar-refractivity contribution is 0.0876. The first kappa shape index (κ1) is 11.1. The summed E-state index contributed by atoms with van der Waals surface area (Å²) in [6.07, 6.45) is 0.958. The summed E-state index contributed by atoms with van der Waals surface area (Å²) < 4.78 is 4.93. The van der Waals surface area contributed by atoms with Crippen molar-refractivity contribution in [2.75, 3.05) is 13.1 Å². The number of carbonyl (C=O) groups excluding carboxylic acids is 1. The van der Waals surface area contributed by atoms with E-state index in [2.05, 4.69) is 22.7 Å². The van der Waals surface area contributed by atoms with Crippen LogP contribution in [-0.2, 0) is 0 Å². The number of piperidine rings is 1. The van der Waals surface area contributed by atoms with Crippen LogP contribution in [0.15, 0.2) is 10.6 Å². The molecule has 0 aliphatic carbocycles. The summed E-state index contributed by atoms with van der Waals surface area (Å²) in [6, 6.07) is 1.88. The van der Waals surface area contributed by atoms with E-state index in [9.17, 15) is 4.79 Å². The minimum absolute atomic E-state index is 0.167. The van der Waals surface area contributed by atoms with E-state index in [1.165, 1.54) is 0 Å². The van der Waals surface area contributed by atoms with Gasteiger partial charge in [0.2, 0.25) is 5.76 Å². The van der Waals surface area contributed by atoms with E-state index in [1.54, 1.807) is 13.0 Å². The van der Waals surface area contributed by atoms with Crippen molar-refractivity contribution in [1.29, 1.82) is 0 Å². The van der Waals surface area contributed by atoms with Crippen LogP contribution in [0, 0.1) is 12.8 Å². The highest BCUT2D eigenvalue weighted by atomic mass is 16.5. The first-order valence-electron chi connectivity index (χ1n) is 5.61. The first-order valence-corrected chi connectivity index (χ1v) is 5.61. The molecule has 0 spiro atoms. The molecule has 0 radical (unpaired) electrons. The maximum Gasteiger partial charge on any atom is 0.290 e.